The second kappa shape index (κ2) is 9.12. The molecule has 0 saturated heterocycles. The van der Waals surface area contributed by atoms with Crippen LogP contribution in [-0.2, 0) is 4.79 Å². The molecule has 172 valence electrons. The second-order valence-electron chi connectivity index (χ2n) is 8.21. The molecule has 2 heterocycles. The van der Waals surface area contributed by atoms with Crippen molar-refractivity contribution in [2.24, 2.45) is 0 Å². The summed E-state index contributed by atoms with van der Waals surface area (Å²) in [5.74, 6) is -1.14. The third kappa shape index (κ3) is 4.18. The number of ketones is 1. The van der Waals surface area contributed by atoms with Gasteiger partial charge in [0.2, 0.25) is 5.78 Å². The minimum absolute atomic E-state index is 0.0113. The first-order valence-electron chi connectivity index (χ1n) is 10.7. The number of aromatic nitrogens is 1. The van der Waals surface area contributed by atoms with Gasteiger partial charge in [0.15, 0.2) is 5.76 Å². The molecule has 34 heavy (non-hydrogen) atoms. The van der Waals surface area contributed by atoms with E-state index in [4.69, 9.17) is 10.00 Å². The number of amides is 1. The number of hydrogen-bond acceptors (Lipinski definition) is 7. The lowest BCUT2D eigenvalue weighted by atomic mass is 9.94. The lowest BCUT2D eigenvalue weighted by Gasteiger charge is -2.27. The number of aryl methyl sites for hydroxylation is 2. The van der Waals surface area contributed by atoms with E-state index in [9.17, 15) is 14.7 Å². The number of carbonyl (C=O) groups excluding carboxylic acids is 2. The Kier molecular flexibility index (Phi) is 6.22. The van der Waals surface area contributed by atoms with Crippen LogP contribution in [-0.4, -0.2) is 27.9 Å². The van der Waals surface area contributed by atoms with Crippen molar-refractivity contribution in [1.29, 1.82) is 5.26 Å². The molecule has 1 aromatic heterocycles. The number of ether oxygens (including phenoxy) is 1. The summed E-state index contributed by atoms with van der Waals surface area (Å²) in [6.45, 7) is 7.35. The van der Waals surface area contributed by atoms with Crippen LogP contribution in [0.25, 0.3) is 0 Å². The van der Waals surface area contributed by atoms with E-state index in [0.717, 1.165) is 5.01 Å². The van der Waals surface area contributed by atoms with Crippen molar-refractivity contribution in [2.75, 3.05) is 4.90 Å². The molecule has 2 aromatic carbocycles. The summed E-state index contributed by atoms with van der Waals surface area (Å²) in [6.07, 6.45) is -0.0667. The first kappa shape index (κ1) is 23.2. The van der Waals surface area contributed by atoms with Gasteiger partial charge in [-0.1, -0.05) is 12.1 Å². The van der Waals surface area contributed by atoms with Gasteiger partial charge in [0.1, 0.15) is 5.75 Å². The van der Waals surface area contributed by atoms with Gasteiger partial charge in [0.05, 0.1) is 44.9 Å². The highest BCUT2D eigenvalue weighted by Crippen LogP contribution is 2.43. The normalized spacial score (nSPS) is 15.7. The molecule has 0 radical (unpaired) electrons. The zero-order valence-corrected chi connectivity index (χ0v) is 20.0. The van der Waals surface area contributed by atoms with Crippen molar-refractivity contribution in [1.82, 2.24) is 4.98 Å². The Morgan fingerprint density at radius 2 is 1.91 bits per heavy atom. The summed E-state index contributed by atoms with van der Waals surface area (Å²) >= 11 is 1.23. The average molecular weight is 474 g/mol. The minimum atomic E-state index is -0.884. The van der Waals surface area contributed by atoms with Crippen LogP contribution in [0.1, 0.15) is 51.4 Å². The number of Topliss-reactive ketones (excluding diaryl/α,β-unsaturated/α-hetero) is 1. The van der Waals surface area contributed by atoms with Crippen molar-refractivity contribution >= 4 is 28.7 Å². The van der Waals surface area contributed by atoms with E-state index in [2.05, 4.69) is 11.1 Å². The van der Waals surface area contributed by atoms with Crippen molar-refractivity contribution in [3.05, 3.63) is 86.6 Å². The van der Waals surface area contributed by atoms with E-state index in [-0.39, 0.29) is 11.7 Å². The van der Waals surface area contributed by atoms with Gasteiger partial charge in [-0.25, -0.2) is 4.98 Å². The van der Waals surface area contributed by atoms with E-state index >= 15 is 0 Å². The number of anilines is 1. The number of aliphatic hydroxyl groups is 1. The smallest absolute Gasteiger partial charge is 0.294 e. The number of thiazole rings is 1. The molecular formula is C26H23N3O4S. The number of carbonyl (C=O) groups is 2. The van der Waals surface area contributed by atoms with E-state index in [1.54, 1.807) is 62.4 Å². The summed E-state index contributed by atoms with van der Waals surface area (Å²) in [6, 6.07) is 14.7. The number of benzene rings is 2. The Bertz CT molecular complexity index is 1350. The predicted octanol–water partition coefficient (Wildman–Crippen LogP) is 5.20. The molecule has 0 saturated carbocycles. The summed E-state index contributed by atoms with van der Waals surface area (Å²) in [5.41, 5.74) is 2.04. The monoisotopic (exact) mass is 473 g/mol. The molecule has 8 heteroatoms. The summed E-state index contributed by atoms with van der Waals surface area (Å²) in [4.78, 5) is 33.1. The predicted molar refractivity (Wildman–Crippen MR) is 129 cm³/mol. The number of rotatable bonds is 6. The summed E-state index contributed by atoms with van der Waals surface area (Å²) in [7, 11) is 0. The van der Waals surface area contributed by atoms with Crippen molar-refractivity contribution < 1.29 is 19.4 Å². The van der Waals surface area contributed by atoms with Crippen LogP contribution in [0, 0.1) is 25.2 Å². The maximum absolute atomic E-state index is 13.7. The third-order valence-electron chi connectivity index (χ3n) is 5.38. The Morgan fingerprint density at radius 1 is 1.21 bits per heavy atom. The molecule has 4 rings (SSSR count). The van der Waals surface area contributed by atoms with Crippen LogP contribution in [0.2, 0.25) is 0 Å². The quantitative estimate of drug-likeness (QED) is 0.494. The van der Waals surface area contributed by atoms with Gasteiger partial charge in [-0.2, -0.15) is 5.26 Å². The Balaban J connectivity index is 1.88. The average Bonchev–Trinajstić information content (AvgIpc) is 3.28. The molecule has 1 amide bonds. The maximum Gasteiger partial charge on any atom is 0.294 e. The number of aliphatic hydroxyl groups excluding tert-OH is 1. The highest BCUT2D eigenvalue weighted by atomic mass is 32.1. The largest absolute Gasteiger partial charge is 0.503 e. The minimum Gasteiger partial charge on any atom is -0.503 e. The zero-order chi connectivity index (χ0) is 24.6. The van der Waals surface area contributed by atoms with Gasteiger partial charge in [-0.05, 0) is 69.7 Å². The lowest BCUT2D eigenvalue weighted by Crippen LogP contribution is -2.31. The summed E-state index contributed by atoms with van der Waals surface area (Å²) < 4.78 is 5.83. The fourth-order valence-electron chi connectivity index (χ4n) is 4.01. The van der Waals surface area contributed by atoms with Gasteiger partial charge in [-0.15, -0.1) is 11.3 Å². The fraction of sp³-hybridized carbons (Fsp3) is 0.231. The van der Waals surface area contributed by atoms with E-state index in [1.807, 2.05) is 13.8 Å². The third-order valence-corrected chi connectivity index (χ3v) is 6.45. The lowest BCUT2D eigenvalue weighted by molar-refractivity contribution is -0.117. The highest BCUT2D eigenvalue weighted by Gasteiger charge is 2.45. The molecule has 3 aromatic rings. The van der Waals surface area contributed by atoms with Gasteiger partial charge >= 0.3 is 0 Å². The van der Waals surface area contributed by atoms with Crippen molar-refractivity contribution in [2.45, 2.75) is 39.8 Å². The number of hydrogen-bond donors (Lipinski definition) is 1. The number of nitriles is 1. The molecule has 0 aliphatic carbocycles. The molecule has 0 bridgehead atoms. The Morgan fingerprint density at radius 3 is 2.50 bits per heavy atom. The molecule has 1 aliphatic heterocycles. The SMILES string of the molecule is Cc1nc(C)c(C(=O)C2=C(O)C(=O)N(c3ccc(C#N)cc3)C2c2cccc(OC(C)C)c2)s1. The van der Waals surface area contributed by atoms with Gasteiger partial charge < -0.3 is 9.84 Å². The summed E-state index contributed by atoms with van der Waals surface area (Å²) in [5, 5.41) is 20.8. The van der Waals surface area contributed by atoms with Crippen LogP contribution in [0.3, 0.4) is 0 Å². The van der Waals surface area contributed by atoms with Crippen molar-refractivity contribution in [3.63, 3.8) is 0 Å². The maximum atomic E-state index is 13.7. The van der Waals surface area contributed by atoms with Crippen LogP contribution in [0.15, 0.2) is 59.9 Å². The molecule has 7 nitrogen and oxygen atoms in total. The zero-order valence-electron chi connectivity index (χ0n) is 19.2. The number of nitrogens with zero attached hydrogens (tertiary/aromatic N) is 3. The van der Waals surface area contributed by atoms with Crippen LogP contribution in [0.5, 0.6) is 5.75 Å². The van der Waals surface area contributed by atoms with Crippen LogP contribution >= 0.6 is 11.3 Å². The van der Waals surface area contributed by atoms with Crippen molar-refractivity contribution in [3.8, 4) is 11.8 Å². The second-order valence-corrected chi connectivity index (χ2v) is 9.42. The molecule has 1 atom stereocenters. The Hall–Kier alpha value is -3.96. The first-order valence-corrected chi connectivity index (χ1v) is 11.5. The molecule has 1 unspecified atom stereocenters. The highest BCUT2D eigenvalue weighted by molar-refractivity contribution is 7.14. The van der Waals surface area contributed by atoms with E-state index < -0.39 is 23.5 Å². The molecular weight excluding hydrogens is 450 g/mol. The molecule has 0 fully saturated rings. The fourth-order valence-corrected chi connectivity index (χ4v) is 4.88. The van der Waals surface area contributed by atoms with Crippen LogP contribution < -0.4 is 9.64 Å². The first-order chi connectivity index (χ1) is 16.2. The molecule has 0 spiro atoms. The van der Waals surface area contributed by atoms with Gasteiger partial charge in [0, 0.05) is 5.69 Å². The van der Waals surface area contributed by atoms with Gasteiger partial charge in [0.25, 0.3) is 5.91 Å². The van der Waals surface area contributed by atoms with E-state index in [1.165, 1.54) is 16.2 Å². The molecule has 1 N–H and O–H groups in total. The Labute approximate surface area is 201 Å². The molecule has 1 aliphatic rings. The van der Waals surface area contributed by atoms with Crippen LogP contribution in [0.4, 0.5) is 5.69 Å². The van der Waals surface area contributed by atoms with E-state index in [0.29, 0.717) is 33.1 Å². The topological polar surface area (TPSA) is 104 Å². The standard InChI is InChI=1S/C26H23N3O4S/c1-14(2)33-20-7-5-6-18(12-20)22-21(23(30)25-15(3)28-16(4)34-25)24(31)26(32)29(22)19-10-8-17(13-27)9-11-19/h5-12,14,22,31H,1-4H3. The van der Waals surface area contributed by atoms with Gasteiger partial charge in [-0.3, -0.25) is 14.5 Å².